The van der Waals surface area contributed by atoms with Crippen LogP contribution in [0.5, 0.6) is 0 Å². The molecule has 0 radical (unpaired) electrons. The van der Waals surface area contributed by atoms with Crippen LogP contribution >= 0.6 is 0 Å². The number of rotatable bonds is 10. The number of hydrogen-bond donors (Lipinski definition) is 0. The summed E-state index contributed by atoms with van der Waals surface area (Å²) >= 11 is 0. The highest BCUT2D eigenvalue weighted by atomic mass is 15.2. The van der Waals surface area contributed by atoms with E-state index in [-0.39, 0.29) is 0 Å². The minimum atomic E-state index is 1.08. The van der Waals surface area contributed by atoms with E-state index in [2.05, 4.69) is 289 Å². The third kappa shape index (κ3) is 7.54. The maximum atomic E-state index is 2.48. The minimum absolute atomic E-state index is 1.08. The Morgan fingerprint density at radius 2 is 0.456 bits per heavy atom. The number of fused-ring (bicyclic) bond motifs is 4. The average Bonchev–Trinajstić information content (AvgIpc) is 3.43. The molecule has 0 fully saturated rings. The summed E-state index contributed by atoms with van der Waals surface area (Å²) in [6.07, 6.45) is 0. The molecule has 0 atom stereocenters. The first-order chi connectivity index (χ1) is 33.7. The first kappa shape index (κ1) is 40.5. The Bertz CT molecular complexity index is 3500. The van der Waals surface area contributed by atoms with Gasteiger partial charge in [-0.1, -0.05) is 231 Å². The van der Waals surface area contributed by atoms with Crippen molar-refractivity contribution in [1.29, 1.82) is 0 Å². The predicted octanol–water partition coefficient (Wildman–Crippen LogP) is 18.8. The molecule has 0 saturated heterocycles. The second-order valence-corrected chi connectivity index (χ2v) is 17.3. The van der Waals surface area contributed by atoms with Crippen LogP contribution in [0.3, 0.4) is 0 Å². The van der Waals surface area contributed by atoms with Crippen LogP contribution < -0.4 is 9.80 Å². The highest BCUT2D eigenvalue weighted by molar-refractivity contribution is 6.29. The molecule has 12 aromatic rings. The predicted molar refractivity (Wildman–Crippen MR) is 290 cm³/mol. The summed E-state index contributed by atoms with van der Waals surface area (Å²) < 4.78 is 0. The molecule has 0 aliphatic heterocycles. The molecule has 2 nitrogen and oxygen atoms in total. The van der Waals surface area contributed by atoms with Crippen LogP contribution in [0.2, 0.25) is 0 Å². The van der Waals surface area contributed by atoms with E-state index in [4.69, 9.17) is 0 Å². The smallest absolute Gasteiger partial charge is 0.0626 e. The van der Waals surface area contributed by atoms with Crippen molar-refractivity contribution >= 4 is 66.4 Å². The summed E-state index contributed by atoms with van der Waals surface area (Å²) in [7, 11) is 0. The molecule has 12 aromatic carbocycles. The van der Waals surface area contributed by atoms with E-state index < -0.39 is 0 Å². The fourth-order valence-corrected chi connectivity index (χ4v) is 9.92. The van der Waals surface area contributed by atoms with Crippen molar-refractivity contribution in [2.24, 2.45) is 0 Å². The Hall–Kier alpha value is -8.98. The molecule has 0 unspecified atom stereocenters. The molecule has 0 N–H and O–H groups in total. The first-order valence-electron chi connectivity index (χ1n) is 23.3. The van der Waals surface area contributed by atoms with Crippen molar-refractivity contribution in [2.45, 2.75) is 0 Å². The van der Waals surface area contributed by atoms with Crippen LogP contribution in [-0.4, -0.2) is 0 Å². The molecule has 0 bridgehead atoms. The van der Waals surface area contributed by atoms with Gasteiger partial charge >= 0.3 is 0 Å². The normalized spacial score (nSPS) is 11.2. The molecule has 0 aliphatic carbocycles. The molecule has 0 amide bonds. The summed E-state index contributed by atoms with van der Waals surface area (Å²) in [4.78, 5) is 4.96. The van der Waals surface area contributed by atoms with Gasteiger partial charge < -0.3 is 9.80 Å². The van der Waals surface area contributed by atoms with Crippen LogP contribution in [-0.2, 0) is 0 Å². The average molecular weight is 867 g/mol. The van der Waals surface area contributed by atoms with Crippen LogP contribution in [0.25, 0.3) is 76.8 Å². The standard InChI is InChI=1S/C66H46N2/c1-5-17-47(18-6-1)51-29-38-56(39-30-51)67(57-40-31-52(32-41-57)48-19-7-2-8-20-48)65-61-27-15-16-28-62(61)66(64-60-26-14-13-25-55(60)37-46-63(64)65)68(58-42-33-53(34-43-58)49-21-9-3-10-22-49)59-44-35-54(36-45-59)50-23-11-4-12-24-50/h1-46H. The summed E-state index contributed by atoms with van der Waals surface area (Å²) in [6.45, 7) is 0. The summed E-state index contributed by atoms with van der Waals surface area (Å²) in [5.74, 6) is 0. The van der Waals surface area contributed by atoms with E-state index in [9.17, 15) is 0 Å². The van der Waals surface area contributed by atoms with Gasteiger partial charge in [-0.15, -0.1) is 0 Å². The number of benzene rings is 12. The quantitative estimate of drug-likeness (QED) is 0.0768. The molecule has 68 heavy (non-hydrogen) atoms. The van der Waals surface area contributed by atoms with Gasteiger partial charge in [0, 0.05) is 44.3 Å². The third-order valence-electron chi connectivity index (χ3n) is 13.2. The lowest BCUT2D eigenvalue weighted by Gasteiger charge is -2.33. The van der Waals surface area contributed by atoms with Gasteiger partial charge in [0.15, 0.2) is 0 Å². The second-order valence-electron chi connectivity index (χ2n) is 17.3. The van der Waals surface area contributed by atoms with Crippen molar-refractivity contribution in [2.75, 3.05) is 9.80 Å². The molecule has 0 heterocycles. The van der Waals surface area contributed by atoms with Gasteiger partial charge in [0.05, 0.1) is 11.4 Å². The number of nitrogens with zero attached hydrogens (tertiary/aromatic N) is 2. The van der Waals surface area contributed by atoms with E-state index in [0.717, 1.165) is 50.3 Å². The fourth-order valence-electron chi connectivity index (χ4n) is 9.92. The summed E-state index contributed by atoms with van der Waals surface area (Å²) in [5, 5.41) is 7.02. The summed E-state index contributed by atoms with van der Waals surface area (Å²) in [5.41, 5.74) is 16.1. The fraction of sp³-hybridized carbons (Fsp3) is 0. The van der Waals surface area contributed by atoms with Crippen LogP contribution in [0.4, 0.5) is 34.1 Å². The lowest BCUT2D eigenvalue weighted by Crippen LogP contribution is -2.15. The van der Waals surface area contributed by atoms with Gasteiger partial charge in [-0.3, -0.25) is 0 Å². The molecule has 0 aliphatic rings. The van der Waals surface area contributed by atoms with Crippen molar-refractivity contribution in [3.63, 3.8) is 0 Å². The lowest BCUT2D eigenvalue weighted by atomic mass is 9.91. The van der Waals surface area contributed by atoms with Gasteiger partial charge in [-0.25, -0.2) is 0 Å². The van der Waals surface area contributed by atoms with E-state index in [1.165, 1.54) is 60.7 Å². The number of anilines is 6. The molecule has 12 rings (SSSR count). The molecule has 0 saturated carbocycles. The Morgan fingerprint density at radius 3 is 0.824 bits per heavy atom. The zero-order valence-corrected chi connectivity index (χ0v) is 37.5. The van der Waals surface area contributed by atoms with Gasteiger partial charge in [0.25, 0.3) is 0 Å². The Balaban J connectivity index is 1.14. The number of hydrogen-bond acceptors (Lipinski definition) is 2. The Kier molecular flexibility index (Phi) is 10.6. The second kappa shape index (κ2) is 17.8. The highest BCUT2D eigenvalue weighted by Gasteiger charge is 2.27. The lowest BCUT2D eigenvalue weighted by molar-refractivity contribution is 1.30. The Labute approximate surface area is 397 Å². The van der Waals surface area contributed by atoms with E-state index in [1.54, 1.807) is 0 Å². The zero-order chi connectivity index (χ0) is 45.2. The third-order valence-corrected chi connectivity index (χ3v) is 13.2. The minimum Gasteiger partial charge on any atom is -0.309 e. The topological polar surface area (TPSA) is 6.48 Å². The van der Waals surface area contributed by atoms with Crippen molar-refractivity contribution in [3.05, 3.63) is 279 Å². The van der Waals surface area contributed by atoms with Crippen molar-refractivity contribution in [1.82, 2.24) is 0 Å². The maximum absolute atomic E-state index is 2.48. The van der Waals surface area contributed by atoms with E-state index in [0.29, 0.717) is 0 Å². The van der Waals surface area contributed by atoms with Gasteiger partial charge in [0.2, 0.25) is 0 Å². The molecule has 320 valence electrons. The van der Waals surface area contributed by atoms with Crippen LogP contribution in [0.15, 0.2) is 279 Å². The highest BCUT2D eigenvalue weighted by Crippen LogP contribution is 2.53. The van der Waals surface area contributed by atoms with Crippen molar-refractivity contribution in [3.8, 4) is 44.5 Å². The molecule has 0 spiro atoms. The molecule has 0 aromatic heterocycles. The first-order valence-corrected chi connectivity index (χ1v) is 23.3. The monoisotopic (exact) mass is 866 g/mol. The van der Waals surface area contributed by atoms with Crippen molar-refractivity contribution < 1.29 is 0 Å². The zero-order valence-electron chi connectivity index (χ0n) is 37.5. The largest absolute Gasteiger partial charge is 0.309 e. The van der Waals surface area contributed by atoms with Gasteiger partial charge in [-0.2, -0.15) is 0 Å². The van der Waals surface area contributed by atoms with Crippen LogP contribution in [0, 0.1) is 0 Å². The van der Waals surface area contributed by atoms with Crippen LogP contribution in [0.1, 0.15) is 0 Å². The molecular weight excluding hydrogens is 821 g/mol. The van der Waals surface area contributed by atoms with E-state index in [1.807, 2.05) is 0 Å². The van der Waals surface area contributed by atoms with Gasteiger partial charge in [-0.05, 0) is 104 Å². The molecule has 2 heteroatoms. The van der Waals surface area contributed by atoms with Gasteiger partial charge in [0.1, 0.15) is 0 Å². The Morgan fingerprint density at radius 1 is 0.176 bits per heavy atom. The maximum Gasteiger partial charge on any atom is 0.0626 e. The summed E-state index contributed by atoms with van der Waals surface area (Å²) in [6, 6.07) is 101. The molecular formula is C66H46N2. The van der Waals surface area contributed by atoms with E-state index >= 15 is 0 Å². The SMILES string of the molecule is c1ccc(-c2ccc(N(c3ccc(-c4ccccc4)cc3)c3c4ccccc4c(N(c4ccc(-c5ccccc5)cc4)c4ccc(-c5ccccc5)cc4)c4c3ccc3ccccc34)cc2)cc1.